The fourth-order valence-corrected chi connectivity index (χ4v) is 2.23. The lowest BCUT2D eigenvalue weighted by molar-refractivity contribution is 0.513. The van der Waals surface area contributed by atoms with Gasteiger partial charge in [0.2, 0.25) is 0 Å². The van der Waals surface area contributed by atoms with Crippen LogP contribution in [-0.4, -0.2) is 4.57 Å². The van der Waals surface area contributed by atoms with Crippen molar-refractivity contribution in [1.82, 2.24) is 4.57 Å². The molecule has 18 heavy (non-hydrogen) atoms. The Bertz CT molecular complexity index is 546. The van der Waals surface area contributed by atoms with Gasteiger partial charge in [-0.15, -0.1) is 0 Å². The second kappa shape index (κ2) is 5.55. The van der Waals surface area contributed by atoms with Gasteiger partial charge in [0.25, 0.3) is 0 Å². The lowest BCUT2D eigenvalue weighted by Crippen LogP contribution is -2.10. The van der Waals surface area contributed by atoms with Crippen LogP contribution in [0.2, 0.25) is 0 Å². The number of benzene rings is 1. The van der Waals surface area contributed by atoms with Gasteiger partial charge in [0.15, 0.2) is 0 Å². The monoisotopic (exact) mass is 238 g/mol. The largest absolute Gasteiger partial charge is 0.333 e. The predicted molar refractivity (Wildman–Crippen MR) is 73.4 cm³/mol. The molecule has 0 saturated carbocycles. The number of hydrogen-bond donors (Lipinski definition) is 0. The Labute approximate surface area is 108 Å². The molecule has 0 saturated heterocycles. The van der Waals surface area contributed by atoms with Crippen molar-refractivity contribution in [2.24, 2.45) is 0 Å². The van der Waals surface area contributed by atoms with Crippen LogP contribution in [0.4, 0.5) is 0 Å². The van der Waals surface area contributed by atoms with Crippen LogP contribution in [0, 0.1) is 11.3 Å². The Balaban J connectivity index is 2.34. The highest BCUT2D eigenvalue weighted by Gasteiger charge is 2.12. The molecular weight excluding hydrogens is 220 g/mol. The van der Waals surface area contributed by atoms with Crippen molar-refractivity contribution < 1.29 is 0 Å². The molecule has 0 aliphatic heterocycles. The summed E-state index contributed by atoms with van der Waals surface area (Å²) in [6.07, 6.45) is 1.91. The molecule has 0 spiro atoms. The van der Waals surface area contributed by atoms with Crippen LogP contribution < -0.4 is 0 Å². The SMILES string of the molecule is CC[C@H](C)n1c(C#N)ccc1Cc1ccccc1. The van der Waals surface area contributed by atoms with E-state index in [1.165, 1.54) is 11.3 Å². The third-order valence-corrected chi connectivity index (χ3v) is 3.38. The summed E-state index contributed by atoms with van der Waals surface area (Å²) in [6, 6.07) is 17.0. The first-order valence-electron chi connectivity index (χ1n) is 6.40. The first-order valence-corrected chi connectivity index (χ1v) is 6.40. The summed E-state index contributed by atoms with van der Waals surface area (Å²) in [6.45, 7) is 4.31. The van der Waals surface area contributed by atoms with E-state index in [1.807, 2.05) is 12.1 Å². The minimum atomic E-state index is 0.369. The van der Waals surface area contributed by atoms with E-state index in [2.05, 4.69) is 54.8 Å². The maximum atomic E-state index is 9.17. The van der Waals surface area contributed by atoms with Gasteiger partial charge in [-0.3, -0.25) is 0 Å². The minimum absolute atomic E-state index is 0.369. The first kappa shape index (κ1) is 12.4. The normalized spacial score (nSPS) is 12.1. The van der Waals surface area contributed by atoms with Crippen molar-refractivity contribution in [3.8, 4) is 6.07 Å². The van der Waals surface area contributed by atoms with Crippen molar-refractivity contribution in [1.29, 1.82) is 5.26 Å². The second-order valence-electron chi connectivity index (χ2n) is 4.61. The Morgan fingerprint density at radius 2 is 1.89 bits per heavy atom. The zero-order valence-corrected chi connectivity index (χ0v) is 10.9. The second-order valence-corrected chi connectivity index (χ2v) is 4.61. The van der Waals surface area contributed by atoms with Gasteiger partial charge in [-0.25, -0.2) is 0 Å². The van der Waals surface area contributed by atoms with Crippen molar-refractivity contribution in [2.75, 3.05) is 0 Å². The van der Waals surface area contributed by atoms with Gasteiger partial charge in [-0.2, -0.15) is 5.26 Å². The summed E-state index contributed by atoms with van der Waals surface area (Å²) in [5.74, 6) is 0. The summed E-state index contributed by atoms with van der Waals surface area (Å²) in [4.78, 5) is 0. The van der Waals surface area contributed by atoms with Gasteiger partial charge in [0.1, 0.15) is 11.8 Å². The summed E-state index contributed by atoms with van der Waals surface area (Å²) < 4.78 is 2.16. The lowest BCUT2D eigenvalue weighted by Gasteiger charge is -2.17. The molecule has 1 aromatic carbocycles. The van der Waals surface area contributed by atoms with Gasteiger partial charge < -0.3 is 4.57 Å². The highest BCUT2D eigenvalue weighted by molar-refractivity contribution is 5.31. The predicted octanol–water partition coefficient (Wildman–Crippen LogP) is 3.92. The first-order chi connectivity index (χ1) is 8.76. The zero-order chi connectivity index (χ0) is 13.0. The van der Waals surface area contributed by atoms with E-state index in [0.29, 0.717) is 6.04 Å². The molecule has 0 aliphatic rings. The molecule has 2 aromatic rings. The number of nitrogens with zero attached hydrogens (tertiary/aromatic N) is 2. The van der Waals surface area contributed by atoms with Crippen LogP contribution in [0.5, 0.6) is 0 Å². The highest BCUT2D eigenvalue weighted by Crippen LogP contribution is 2.21. The Kier molecular flexibility index (Phi) is 3.84. The van der Waals surface area contributed by atoms with Gasteiger partial charge in [-0.05, 0) is 31.0 Å². The van der Waals surface area contributed by atoms with E-state index in [1.54, 1.807) is 0 Å². The van der Waals surface area contributed by atoms with Crippen LogP contribution in [0.3, 0.4) is 0 Å². The number of nitriles is 1. The van der Waals surface area contributed by atoms with Gasteiger partial charge in [0, 0.05) is 18.2 Å². The van der Waals surface area contributed by atoms with E-state index in [-0.39, 0.29) is 0 Å². The van der Waals surface area contributed by atoms with Crippen molar-refractivity contribution in [3.05, 3.63) is 59.4 Å². The summed E-state index contributed by atoms with van der Waals surface area (Å²) >= 11 is 0. The van der Waals surface area contributed by atoms with E-state index < -0.39 is 0 Å². The Morgan fingerprint density at radius 3 is 2.50 bits per heavy atom. The molecule has 2 rings (SSSR count). The molecule has 0 unspecified atom stereocenters. The van der Waals surface area contributed by atoms with E-state index in [4.69, 9.17) is 0 Å². The van der Waals surface area contributed by atoms with E-state index in [0.717, 1.165) is 18.5 Å². The number of rotatable bonds is 4. The molecule has 0 amide bonds. The molecular formula is C16H18N2. The molecule has 0 aliphatic carbocycles. The number of hydrogen-bond acceptors (Lipinski definition) is 1. The van der Waals surface area contributed by atoms with Crippen LogP contribution >= 0.6 is 0 Å². The third kappa shape index (κ3) is 2.46. The van der Waals surface area contributed by atoms with Crippen LogP contribution in [0.15, 0.2) is 42.5 Å². The molecule has 1 aromatic heterocycles. The van der Waals surface area contributed by atoms with Crippen molar-refractivity contribution in [2.45, 2.75) is 32.7 Å². The highest BCUT2D eigenvalue weighted by atomic mass is 15.0. The fraction of sp³-hybridized carbons (Fsp3) is 0.312. The average molecular weight is 238 g/mol. The summed E-state index contributed by atoms with van der Waals surface area (Å²) in [7, 11) is 0. The third-order valence-electron chi connectivity index (χ3n) is 3.38. The molecule has 1 heterocycles. The van der Waals surface area contributed by atoms with Crippen molar-refractivity contribution >= 4 is 0 Å². The van der Waals surface area contributed by atoms with Crippen LogP contribution in [0.25, 0.3) is 0 Å². The molecule has 0 fully saturated rings. The molecule has 2 heteroatoms. The van der Waals surface area contributed by atoms with Gasteiger partial charge >= 0.3 is 0 Å². The van der Waals surface area contributed by atoms with Crippen LogP contribution in [0.1, 0.15) is 43.3 Å². The maximum Gasteiger partial charge on any atom is 0.120 e. The molecule has 2 nitrogen and oxygen atoms in total. The van der Waals surface area contributed by atoms with Gasteiger partial charge in [0.05, 0.1) is 0 Å². The lowest BCUT2D eigenvalue weighted by atomic mass is 10.1. The van der Waals surface area contributed by atoms with E-state index >= 15 is 0 Å². The maximum absolute atomic E-state index is 9.17. The molecule has 0 bridgehead atoms. The number of aromatic nitrogens is 1. The topological polar surface area (TPSA) is 28.7 Å². The van der Waals surface area contributed by atoms with E-state index in [9.17, 15) is 5.26 Å². The Hall–Kier alpha value is -2.01. The average Bonchev–Trinajstić information content (AvgIpc) is 2.82. The minimum Gasteiger partial charge on any atom is -0.333 e. The van der Waals surface area contributed by atoms with Gasteiger partial charge in [-0.1, -0.05) is 37.3 Å². The quantitative estimate of drug-likeness (QED) is 0.793. The smallest absolute Gasteiger partial charge is 0.120 e. The molecule has 92 valence electrons. The zero-order valence-electron chi connectivity index (χ0n) is 10.9. The van der Waals surface area contributed by atoms with Crippen molar-refractivity contribution in [3.63, 3.8) is 0 Å². The fourth-order valence-electron chi connectivity index (χ4n) is 2.23. The summed E-state index contributed by atoms with van der Waals surface area (Å²) in [5, 5.41) is 9.17. The molecule has 1 atom stereocenters. The van der Waals surface area contributed by atoms with Crippen LogP contribution in [-0.2, 0) is 6.42 Å². The summed E-state index contributed by atoms with van der Waals surface area (Å²) in [5.41, 5.74) is 3.26. The molecule has 0 radical (unpaired) electrons. The molecule has 0 N–H and O–H groups in total. The Morgan fingerprint density at radius 1 is 1.17 bits per heavy atom. The standard InChI is InChI=1S/C16H18N2/c1-3-13(2)18-15(9-10-16(18)12-17)11-14-7-5-4-6-8-14/h4-10,13H,3,11H2,1-2H3/t13-/m0/s1.